The Kier molecular flexibility index (Phi) is 6.60. The van der Waals surface area contributed by atoms with Crippen molar-refractivity contribution in [3.8, 4) is 67.9 Å². The molecule has 7 nitrogen and oxygen atoms in total. The molecule has 9 rings (SSSR count). The van der Waals surface area contributed by atoms with Crippen molar-refractivity contribution in [3.05, 3.63) is 150 Å². The predicted molar refractivity (Wildman–Crippen MR) is 189 cm³/mol. The maximum atomic E-state index is 6.18. The fraction of sp³-hybridized carbons (Fsp3) is 0. The molecule has 0 radical (unpaired) electrons. The molecule has 3 aromatic heterocycles. The zero-order valence-corrected chi connectivity index (χ0v) is 25.5. The molecule has 8 aromatic rings. The molecule has 7 heteroatoms. The van der Waals surface area contributed by atoms with Crippen molar-refractivity contribution in [1.29, 1.82) is 0 Å². The molecule has 0 amide bonds. The minimum atomic E-state index is 0.547. The molecule has 0 N–H and O–H groups in total. The fourth-order valence-corrected chi connectivity index (χ4v) is 5.89. The second kappa shape index (κ2) is 11.5. The standard InChI is InChI=1S/C41H25N6O/c1-4-10-26(11-5-1)27-16-20-31(21-17-27)39-45-38(30-14-8-3-9-15-30)46-40(47-39)32-22-18-28(19-23-32)34-36-35(33-24-25-42-41(33)48-36)44-37(43-34)29-12-6-2-7-13-29/h1-25H/q+1. The summed E-state index contributed by atoms with van der Waals surface area (Å²) < 4.78 is 10.6. The van der Waals surface area contributed by atoms with E-state index in [4.69, 9.17) is 29.3 Å². The van der Waals surface area contributed by atoms with Gasteiger partial charge < -0.3 is 4.42 Å². The zero-order valence-electron chi connectivity index (χ0n) is 25.5. The Bertz CT molecular complexity index is 2610. The second-order valence-electron chi connectivity index (χ2n) is 11.4. The molecule has 0 saturated carbocycles. The maximum absolute atomic E-state index is 6.18. The first-order valence-electron chi connectivity index (χ1n) is 15.6. The van der Waals surface area contributed by atoms with Crippen LogP contribution >= 0.6 is 0 Å². The van der Waals surface area contributed by atoms with E-state index >= 15 is 0 Å². The highest BCUT2D eigenvalue weighted by molar-refractivity contribution is 5.97. The van der Waals surface area contributed by atoms with E-state index in [0.717, 1.165) is 49.7 Å². The fourth-order valence-electron chi connectivity index (χ4n) is 5.89. The van der Waals surface area contributed by atoms with Crippen molar-refractivity contribution >= 4 is 23.4 Å². The van der Waals surface area contributed by atoms with Crippen LogP contribution in [0, 0.1) is 0 Å². The molecule has 0 aliphatic carbocycles. The molecule has 0 unspecified atom stereocenters. The molecule has 0 fully saturated rings. The van der Waals surface area contributed by atoms with Crippen molar-refractivity contribution in [2.75, 3.05) is 0 Å². The SMILES string of the molecule is C1=[N+]=c2oc3c(-c4ccc(-c5nc(-c6ccccc6)nc(-c6ccc(-c7ccccc7)cc6)n5)cc4)nc(-c4ccccc4)nc3c2=C1. The van der Waals surface area contributed by atoms with Gasteiger partial charge in [0.25, 0.3) is 6.21 Å². The van der Waals surface area contributed by atoms with Gasteiger partial charge in [0.2, 0.25) is 0 Å². The third-order valence-electron chi connectivity index (χ3n) is 8.35. The molecule has 0 spiro atoms. The Morgan fingerprint density at radius 2 is 0.812 bits per heavy atom. The summed E-state index contributed by atoms with van der Waals surface area (Å²) in [6.45, 7) is 0. The van der Waals surface area contributed by atoms with E-state index in [-0.39, 0.29) is 0 Å². The smallest absolute Gasteiger partial charge is 0.387 e. The van der Waals surface area contributed by atoms with E-state index in [1.165, 1.54) is 0 Å². The Balaban J connectivity index is 1.14. The van der Waals surface area contributed by atoms with Crippen molar-refractivity contribution in [3.63, 3.8) is 0 Å². The van der Waals surface area contributed by atoms with Crippen LogP contribution < -0.4 is 15.4 Å². The molecule has 0 atom stereocenters. The Morgan fingerprint density at radius 1 is 0.396 bits per heavy atom. The van der Waals surface area contributed by atoms with Crippen molar-refractivity contribution < 1.29 is 4.42 Å². The molecular weight excluding hydrogens is 592 g/mol. The number of fused-ring (bicyclic) bond motifs is 3. The highest BCUT2D eigenvalue weighted by Gasteiger charge is 2.22. The molecule has 48 heavy (non-hydrogen) atoms. The summed E-state index contributed by atoms with van der Waals surface area (Å²) in [5.41, 5.74) is 9.37. The number of rotatable bonds is 6. The highest BCUT2D eigenvalue weighted by atomic mass is 16.3. The molecule has 1 aliphatic heterocycles. The van der Waals surface area contributed by atoms with E-state index in [2.05, 4.69) is 41.1 Å². The van der Waals surface area contributed by atoms with E-state index in [1.807, 2.05) is 109 Å². The summed E-state index contributed by atoms with van der Waals surface area (Å²) in [5.74, 6) is 2.42. The summed E-state index contributed by atoms with van der Waals surface area (Å²) in [5, 5.41) is 0.866. The van der Waals surface area contributed by atoms with Gasteiger partial charge in [-0.15, -0.1) is 0 Å². The largest absolute Gasteiger partial charge is 0.502 e. The Labute approximate surface area is 275 Å². The summed E-state index contributed by atoms with van der Waals surface area (Å²) in [6, 6.07) is 46.7. The van der Waals surface area contributed by atoms with Gasteiger partial charge >= 0.3 is 5.55 Å². The summed E-state index contributed by atoms with van der Waals surface area (Å²) in [7, 11) is 0. The molecule has 1 aliphatic rings. The van der Waals surface area contributed by atoms with E-state index in [9.17, 15) is 0 Å². The van der Waals surface area contributed by atoms with Gasteiger partial charge in [-0.05, 0) is 15.8 Å². The molecule has 0 bridgehead atoms. The van der Waals surface area contributed by atoms with Crippen LogP contribution in [0.3, 0.4) is 0 Å². The van der Waals surface area contributed by atoms with Gasteiger partial charge in [-0.1, -0.05) is 140 Å². The van der Waals surface area contributed by atoms with Gasteiger partial charge in [0.1, 0.15) is 16.4 Å². The lowest BCUT2D eigenvalue weighted by atomic mass is 10.0. The summed E-state index contributed by atoms with van der Waals surface area (Å²) >= 11 is 0. The third-order valence-corrected chi connectivity index (χ3v) is 8.35. The maximum Gasteiger partial charge on any atom is 0.502 e. The molecule has 0 saturated heterocycles. The number of hydrogen-bond donors (Lipinski definition) is 0. The number of nitrogens with zero attached hydrogens (tertiary/aromatic N) is 6. The predicted octanol–water partition coefficient (Wildman–Crippen LogP) is 6.96. The highest BCUT2D eigenvalue weighted by Crippen LogP contribution is 2.31. The van der Waals surface area contributed by atoms with Gasteiger partial charge in [-0.2, -0.15) is 0 Å². The number of hydrogen-bond acceptors (Lipinski definition) is 6. The Morgan fingerprint density at radius 3 is 1.35 bits per heavy atom. The second-order valence-corrected chi connectivity index (χ2v) is 11.4. The van der Waals surface area contributed by atoms with Crippen LogP contribution in [0.4, 0.5) is 0 Å². The molecular formula is C41H25N6O+. The topological polar surface area (TPSA) is 91.7 Å². The van der Waals surface area contributed by atoms with Crippen LogP contribution in [-0.4, -0.2) is 31.1 Å². The lowest BCUT2D eigenvalue weighted by molar-refractivity contribution is 0.552. The van der Waals surface area contributed by atoms with Gasteiger partial charge in [-0.3, -0.25) is 0 Å². The average Bonchev–Trinajstić information content (AvgIpc) is 3.78. The number of aromatic nitrogens is 5. The zero-order chi connectivity index (χ0) is 31.9. The molecule has 4 heterocycles. The van der Waals surface area contributed by atoms with Crippen LogP contribution in [-0.2, 0) is 0 Å². The monoisotopic (exact) mass is 617 g/mol. The number of benzene rings is 5. The molecule has 5 aromatic carbocycles. The van der Waals surface area contributed by atoms with E-state index in [1.54, 1.807) is 6.21 Å². The van der Waals surface area contributed by atoms with Gasteiger partial charge in [0, 0.05) is 33.9 Å². The quantitative estimate of drug-likeness (QED) is 0.187. The number of furan rings is 1. The summed E-state index contributed by atoms with van der Waals surface area (Å²) in [4.78, 5) is 24.6. The minimum Gasteiger partial charge on any atom is -0.387 e. The van der Waals surface area contributed by atoms with Crippen molar-refractivity contribution in [2.24, 2.45) is 0 Å². The van der Waals surface area contributed by atoms with E-state index in [0.29, 0.717) is 40.1 Å². The van der Waals surface area contributed by atoms with Crippen LogP contribution in [0.2, 0.25) is 0 Å². The van der Waals surface area contributed by atoms with Gasteiger partial charge in [0.15, 0.2) is 28.9 Å². The minimum absolute atomic E-state index is 0.547. The first kappa shape index (κ1) is 27.5. The lowest BCUT2D eigenvalue weighted by Gasteiger charge is -2.10. The first-order chi connectivity index (χ1) is 23.8. The third kappa shape index (κ3) is 4.97. The normalized spacial score (nSPS) is 11.7. The lowest BCUT2D eigenvalue weighted by Crippen LogP contribution is -2.19. The first-order valence-corrected chi connectivity index (χ1v) is 15.6. The summed E-state index contributed by atoms with van der Waals surface area (Å²) in [6.07, 6.45) is 3.66. The van der Waals surface area contributed by atoms with E-state index < -0.39 is 0 Å². The van der Waals surface area contributed by atoms with Crippen LogP contribution in [0.15, 0.2) is 144 Å². The average molecular weight is 618 g/mol. The van der Waals surface area contributed by atoms with Crippen molar-refractivity contribution in [1.82, 2.24) is 29.6 Å². The molecule has 224 valence electrons. The Hall–Kier alpha value is -6.82. The van der Waals surface area contributed by atoms with Crippen LogP contribution in [0.25, 0.3) is 85.1 Å². The van der Waals surface area contributed by atoms with Crippen molar-refractivity contribution in [2.45, 2.75) is 0 Å². The van der Waals surface area contributed by atoms with Gasteiger partial charge in [-0.25, -0.2) is 24.9 Å². The van der Waals surface area contributed by atoms with Crippen LogP contribution in [0.5, 0.6) is 0 Å². The van der Waals surface area contributed by atoms with Gasteiger partial charge in [0.05, 0.1) is 0 Å². The van der Waals surface area contributed by atoms with Crippen LogP contribution in [0.1, 0.15) is 0 Å².